The van der Waals surface area contributed by atoms with Gasteiger partial charge in [0.2, 0.25) is 0 Å². The summed E-state index contributed by atoms with van der Waals surface area (Å²) in [5.41, 5.74) is 6.86. The van der Waals surface area contributed by atoms with Gasteiger partial charge >= 0.3 is 0 Å². The van der Waals surface area contributed by atoms with E-state index in [1.165, 1.54) is 11.4 Å². The van der Waals surface area contributed by atoms with Crippen molar-refractivity contribution in [2.24, 2.45) is 0 Å². The van der Waals surface area contributed by atoms with Crippen LogP contribution >= 0.6 is 15.9 Å². The molecule has 0 amide bonds. The van der Waals surface area contributed by atoms with E-state index in [1.807, 2.05) is 12.1 Å². The Morgan fingerprint density at radius 2 is 1.60 bits per heavy atom. The Morgan fingerprint density at radius 1 is 1.05 bits per heavy atom. The van der Waals surface area contributed by atoms with Crippen molar-refractivity contribution in [1.29, 1.82) is 0 Å². The first-order chi connectivity index (χ1) is 9.56. The van der Waals surface area contributed by atoms with Gasteiger partial charge in [0.05, 0.1) is 20.8 Å². The zero-order valence-corrected chi connectivity index (χ0v) is 13.7. The molecule has 2 aromatic rings. The quantitative estimate of drug-likeness (QED) is 0.904. The van der Waals surface area contributed by atoms with Gasteiger partial charge in [0.25, 0.3) is 0 Å². The van der Waals surface area contributed by atoms with E-state index in [4.69, 9.17) is 9.47 Å². The molecule has 0 saturated carbocycles. The molecule has 20 heavy (non-hydrogen) atoms. The lowest BCUT2D eigenvalue weighted by Crippen LogP contribution is -2.17. The third-order valence-corrected chi connectivity index (χ3v) is 3.99. The highest BCUT2D eigenvalue weighted by atomic mass is 79.9. The van der Waals surface area contributed by atoms with Gasteiger partial charge in [-0.25, -0.2) is 0 Å². The van der Waals surface area contributed by atoms with E-state index in [0.29, 0.717) is 6.54 Å². The van der Waals surface area contributed by atoms with Gasteiger partial charge in [-0.3, -0.25) is 4.68 Å². The van der Waals surface area contributed by atoms with E-state index < -0.39 is 0 Å². The second-order valence-electron chi connectivity index (χ2n) is 4.58. The predicted molar refractivity (Wildman–Crippen MR) is 84.2 cm³/mol. The fraction of sp³-hybridized carbons (Fsp3) is 0.333. The van der Waals surface area contributed by atoms with Crippen LogP contribution in [0.4, 0.5) is 0 Å². The van der Waals surface area contributed by atoms with Gasteiger partial charge < -0.3 is 14.9 Å². The van der Waals surface area contributed by atoms with E-state index in [1.54, 1.807) is 14.2 Å². The van der Waals surface area contributed by atoms with Crippen LogP contribution in [-0.4, -0.2) is 18.9 Å². The Kier molecular flexibility index (Phi) is 4.60. The van der Waals surface area contributed by atoms with Crippen LogP contribution in [0.1, 0.15) is 17.0 Å². The number of halogens is 1. The largest absolute Gasteiger partial charge is 0.493 e. The van der Waals surface area contributed by atoms with Gasteiger partial charge in [0, 0.05) is 15.9 Å². The van der Waals surface area contributed by atoms with Crippen molar-refractivity contribution in [3.8, 4) is 11.5 Å². The van der Waals surface area contributed by atoms with Crippen LogP contribution in [0.5, 0.6) is 11.5 Å². The number of nitrogens with zero attached hydrogens (tertiary/aromatic N) is 1. The maximum atomic E-state index is 5.34. The first-order valence-corrected chi connectivity index (χ1v) is 7.15. The molecule has 1 N–H and O–H groups in total. The highest BCUT2D eigenvalue weighted by Gasteiger charge is 2.10. The molecule has 0 saturated heterocycles. The number of hydrogen-bond acceptors (Lipinski definition) is 3. The van der Waals surface area contributed by atoms with Crippen molar-refractivity contribution >= 4 is 15.9 Å². The summed E-state index contributed by atoms with van der Waals surface area (Å²) >= 11 is 3.57. The number of methoxy groups -OCH3 is 2. The van der Waals surface area contributed by atoms with E-state index in [2.05, 4.69) is 52.0 Å². The molecule has 0 aliphatic rings. The van der Waals surface area contributed by atoms with Crippen molar-refractivity contribution in [3.63, 3.8) is 0 Å². The average Bonchev–Trinajstić information content (AvgIpc) is 2.76. The first-order valence-electron chi connectivity index (χ1n) is 6.36. The fourth-order valence-electron chi connectivity index (χ4n) is 2.11. The molecule has 1 aromatic heterocycles. The van der Waals surface area contributed by atoms with E-state index in [9.17, 15) is 0 Å². The Morgan fingerprint density at radius 3 is 2.15 bits per heavy atom. The molecule has 0 aliphatic carbocycles. The number of nitrogens with one attached hydrogen (secondary N) is 1. The second-order valence-corrected chi connectivity index (χ2v) is 5.44. The summed E-state index contributed by atoms with van der Waals surface area (Å²) in [5, 5.41) is 0. The Hall–Kier alpha value is -1.62. The third kappa shape index (κ3) is 2.93. The number of aromatic nitrogens is 1. The Bertz CT molecular complexity index is 589. The lowest BCUT2D eigenvalue weighted by atomic mass is 10.2. The van der Waals surface area contributed by atoms with Gasteiger partial charge in [-0.2, -0.15) is 0 Å². The van der Waals surface area contributed by atoms with Crippen LogP contribution in [0.25, 0.3) is 0 Å². The molecule has 0 unspecified atom stereocenters. The minimum absolute atomic E-state index is 0.692. The highest BCUT2D eigenvalue weighted by molar-refractivity contribution is 9.10. The molecule has 0 aliphatic heterocycles. The first kappa shape index (κ1) is 14.8. The molecule has 0 atom stereocenters. The van der Waals surface area contributed by atoms with E-state index in [0.717, 1.165) is 21.5 Å². The molecule has 0 spiro atoms. The number of benzene rings is 1. The zero-order chi connectivity index (χ0) is 14.7. The van der Waals surface area contributed by atoms with Crippen molar-refractivity contribution < 1.29 is 9.47 Å². The molecule has 2 rings (SSSR count). The van der Waals surface area contributed by atoms with Crippen LogP contribution < -0.4 is 14.9 Å². The second kappa shape index (κ2) is 6.22. The Balaban J connectivity index is 2.21. The molecular weight excluding hydrogens is 320 g/mol. The van der Waals surface area contributed by atoms with Gasteiger partial charge in [-0.15, -0.1) is 0 Å². The van der Waals surface area contributed by atoms with Gasteiger partial charge in [0.1, 0.15) is 0 Å². The van der Waals surface area contributed by atoms with Crippen molar-refractivity contribution in [2.75, 3.05) is 19.6 Å². The summed E-state index contributed by atoms with van der Waals surface area (Å²) in [5.74, 6) is 1.45. The maximum absolute atomic E-state index is 5.34. The average molecular weight is 339 g/mol. The minimum Gasteiger partial charge on any atom is -0.493 e. The standard InChI is InChI=1S/C15H19BrN2O2/c1-10-5-6-11(2)18(10)17-9-12-7-14(19-3)15(20-4)8-13(12)16/h5-8,17H,9H2,1-4H3. The van der Waals surface area contributed by atoms with E-state index in [-0.39, 0.29) is 0 Å². The SMILES string of the molecule is COc1cc(Br)c(CNn2c(C)ccc2C)cc1OC. The zero-order valence-electron chi connectivity index (χ0n) is 12.2. The van der Waals surface area contributed by atoms with Crippen molar-refractivity contribution in [3.05, 3.63) is 45.7 Å². The molecule has 108 valence electrons. The van der Waals surface area contributed by atoms with Crippen molar-refractivity contribution in [1.82, 2.24) is 4.68 Å². The smallest absolute Gasteiger partial charge is 0.161 e. The molecule has 5 heteroatoms. The number of ether oxygens (including phenoxy) is 2. The molecule has 0 radical (unpaired) electrons. The molecule has 1 aromatic carbocycles. The summed E-state index contributed by atoms with van der Waals surface area (Å²) in [6.45, 7) is 4.84. The maximum Gasteiger partial charge on any atom is 0.161 e. The monoisotopic (exact) mass is 338 g/mol. The van der Waals surface area contributed by atoms with Crippen molar-refractivity contribution in [2.45, 2.75) is 20.4 Å². The van der Waals surface area contributed by atoms with E-state index >= 15 is 0 Å². The lowest BCUT2D eigenvalue weighted by molar-refractivity contribution is 0.354. The predicted octanol–water partition coefficient (Wildman–Crippen LogP) is 3.63. The van der Waals surface area contributed by atoms with Gasteiger partial charge in [-0.05, 0) is 43.7 Å². The molecule has 0 fully saturated rings. The van der Waals surface area contributed by atoms with Crippen LogP contribution in [0.15, 0.2) is 28.7 Å². The highest BCUT2D eigenvalue weighted by Crippen LogP contribution is 2.33. The van der Waals surface area contributed by atoms with Crippen LogP contribution in [0, 0.1) is 13.8 Å². The number of hydrogen-bond donors (Lipinski definition) is 1. The number of rotatable bonds is 5. The summed E-state index contributed by atoms with van der Waals surface area (Å²) in [6, 6.07) is 8.08. The lowest BCUT2D eigenvalue weighted by Gasteiger charge is -2.15. The summed E-state index contributed by atoms with van der Waals surface area (Å²) in [4.78, 5) is 0. The molecule has 4 nitrogen and oxygen atoms in total. The summed E-state index contributed by atoms with van der Waals surface area (Å²) in [7, 11) is 3.28. The van der Waals surface area contributed by atoms with Gasteiger partial charge in [0.15, 0.2) is 11.5 Å². The topological polar surface area (TPSA) is 35.4 Å². The van der Waals surface area contributed by atoms with Crippen LogP contribution in [-0.2, 0) is 6.54 Å². The molecular formula is C15H19BrN2O2. The third-order valence-electron chi connectivity index (χ3n) is 3.25. The van der Waals surface area contributed by atoms with Crippen LogP contribution in [0.2, 0.25) is 0 Å². The summed E-state index contributed by atoms with van der Waals surface area (Å²) in [6.07, 6.45) is 0. The Labute approximate surface area is 127 Å². The van der Waals surface area contributed by atoms with Crippen LogP contribution in [0.3, 0.4) is 0 Å². The molecule has 1 heterocycles. The van der Waals surface area contributed by atoms with Gasteiger partial charge in [-0.1, -0.05) is 15.9 Å². The molecule has 0 bridgehead atoms. The minimum atomic E-state index is 0.692. The normalized spacial score (nSPS) is 10.4. The fourth-order valence-corrected chi connectivity index (χ4v) is 2.58. The summed E-state index contributed by atoms with van der Waals surface area (Å²) < 4.78 is 13.7. The number of aryl methyl sites for hydroxylation is 2.